The smallest absolute Gasteiger partial charge is 0.247 e. The Labute approximate surface area is 114 Å². The van der Waals surface area contributed by atoms with Gasteiger partial charge in [-0.1, -0.05) is 23.7 Å². The lowest BCUT2D eigenvalue weighted by Gasteiger charge is -2.16. The summed E-state index contributed by atoms with van der Waals surface area (Å²) in [4.78, 5) is 25.2. The lowest BCUT2D eigenvalue weighted by molar-refractivity contribution is -0.121. The number of nitrogens with zero attached hydrogens (tertiary/aromatic N) is 1. The van der Waals surface area contributed by atoms with E-state index < -0.39 is 0 Å². The zero-order chi connectivity index (χ0) is 13.1. The van der Waals surface area contributed by atoms with Gasteiger partial charge >= 0.3 is 0 Å². The van der Waals surface area contributed by atoms with E-state index in [2.05, 4.69) is 0 Å². The Kier molecular flexibility index (Phi) is 4.27. The van der Waals surface area contributed by atoms with Gasteiger partial charge in [0.15, 0.2) is 0 Å². The molecule has 18 heavy (non-hydrogen) atoms. The summed E-state index contributed by atoms with van der Waals surface area (Å²) in [5.74, 6) is 0.259. The quantitative estimate of drug-likeness (QED) is 0.854. The molecule has 1 atom stereocenters. The number of hydrogen-bond donors (Lipinski definition) is 1. The molecule has 1 aromatic carbocycles. The molecule has 2 rings (SSSR count). The first-order valence-electron chi connectivity index (χ1n) is 5.58. The Morgan fingerprint density at radius 3 is 2.78 bits per heavy atom. The van der Waals surface area contributed by atoms with Crippen molar-refractivity contribution < 1.29 is 9.59 Å². The number of carbonyl (C=O) groups excluding carboxylic acids is 2. The van der Waals surface area contributed by atoms with E-state index in [1.54, 1.807) is 24.3 Å². The van der Waals surface area contributed by atoms with Crippen LogP contribution in [-0.4, -0.2) is 29.4 Å². The summed E-state index contributed by atoms with van der Waals surface area (Å²) in [6, 6.07) is 6.85. The molecule has 1 aliphatic heterocycles. The van der Waals surface area contributed by atoms with E-state index in [9.17, 15) is 9.59 Å². The fourth-order valence-corrected chi connectivity index (χ4v) is 2.98. The molecule has 1 fully saturated rings. The average Bonchev–Trinajstić information content (AvgIpc) is 2.63. The van der Waals surface area contributed by atoms with Crippen molar-refractivity contribution in [3.8, 4) is 0 Å². The Hall–Kier alpha value is -1.04. The normalized spacial score (nSPS) is 19.7. The molecule has 2 N–H and O–H groups in total. The fourth-order valence-electron chi connectivity index (χ4n) is 1.83. The van der Waals surface area contributed by atoms with Gasteiger partial charge in [-0.05, 0) is 12.1 Å². The molecule has 0 aromatic heterocycles. The molecule has 4 nitrogen and oxygen atoms in total. The molecule has 1 aromatic rings. The van der Waals surface area contributed by atoms with E-state index in [4.69, 9.17) is 17.3 Å². The van der Waals surface area contributed by atoms with Crippen LogP contribution in [0.2, 0.25) is 5.02 Å². The standard InChI is InChI=1S/C12H13ClN2O2S/c13-8-3-1-2-4-9(8)15-11(16)7-10(12(15)17)18-6-5-14/h1-4,10H,5-7,14H2. The van der Waals surface area contributed by atoms with Gasteiger partial charge in [0.1, 0.15) is 0 Å². The minimum absolute atomic E-state index is 0.202. The molecule has 1 heterocycles. The molecule has 6 heteroatoms. The van der Waals surface area contributed by atoms with Crippen molar-refractivity contribution in [1.82, 2.24) is 0 Å². The van der Waals surface area contributed by atoms with Crippen LogP contribution in [0.5, 0.6) is 0 Å². The number of carbonyl (C=O) groups is 2. The van der Waals surface area contributed by atoms with E-state index >= 15 is 0 Å². The third kappa shape index (κ3) is 2.53. The van der Waals surface area contributed by atoms with Crippen LogP contribution in [-0.2, 0) is 9.59 Å². The number of amides is 2. The summed E-state index contributed by atoms with van der Waals surface area (Å²) < 4.78 is 0. The van der Waals surface area contributed by atoms with Gasteiger partial charge in [-0.3, -0.25) is 9.59 Å². The Morgan fingerprint density at radius 2 is 2.11 bits per heavy atom. The van der Waals surface area contributed by atoms with Gasteiger partial charge in [0.2, 0.25) is 11.8 Å². The number of benzene rings is 1. The molecule has 1 saturated heterocycles. The number of para-hydroxylation sites is 1. The monoisotopic (exact) mass is 284 g/mol. The molecular weight excluding hydrogens is 272 g/mol. The van der Waals surface area contributed by atoms with Crippen molar-refractivity contribution in [1.29, 1.82) is 0 Å². The number of thioether (sulfide) groups is 1. The third-order valence-electron chi connectivity index (χ3n) is 2.64. The van der Waals surface area contributed by atoms with E-state index in [0.29, 0.717) is 23.0 Å². The first kappa shape index (κ1) is 13.4. The molecule has 0 radical (unpaired) electrons. The van der Waals surface area contributed by atoms with Gasteiger partial charge < -0.3 is 5.73 Å². The van der Waals surface area contributed by atoms with Crippen LogP contribution < -0.4 is 10.6 Å². The molecule has 0 aliphatic carbocycles. The van der Waals surface area contributed by atoms with Gasteiger partial charge in [-0.2, -0.15) is 0 Å². The highest BCUT2D eigenvalue weighted by molar-refractivity contribution is 8.00. The zero-order valence-corrected chi connectivity index (χ0v) is 11.2. The second-order valence-electron chi connectivity index (χ2n) is 3.87. The van der Waals surface area contributed by atoms with Crippen molar-refractivity contribution in [2.45, 2.75) is 11.7 Å². The molecule has 0 bridgehead atoms. The van der Waals surface area contributed by atoms with Crippen molar-refractivity contribution in [3.63, 3.8) is 0 Å². The number of halogens is 1. The second-order valence-corrected chi connectivity index (χ2v) is 5.59. The van der Waals surface area contributed by atoms with Gasteiger partial charge in [0.05, 0.1) is 16.0 Å². The largest absolute Gasteiger partial charge is 0.330 e. The summed E-state index contributed by atoms with van der Waals surface area (Å²) in [5.41, 5.74) is 5.87. The van der Waals surface area contributed by atoms with E-state index in [-0.39, 0.29) is 23.5 Å². The van der Waals surface area contributed by atoms with E-state index in [1.807, 2.05) is 0 Å². The second kappa shape index (κ2) is 5.73. The Morgan fingerprint density at radius 1 is 1.39 bits per heavy atom. The number of imide groups is 1. The average molecular weight is 285 g/mol. The highest BCUT2D eigenvalue weighted by atomic mass is 35.5. The number of nitrogens with two attached hydrogens (primary N) is 1. The summed E-state index contributed by atoms with van der Waals surface area (Å²) in [6.07, 6.45) is 0.217. The van der Waals surface area contributed by atoms with E-state index in [1.165, 1.54) is 16.7 Å². The van der Waals surface area contributed by atoms with Gasteiger partial charge in [0.25, 0.3) is 0 Å². The topological polar surface area (TPSA) is 63.4 Å². The van der Waals surface area contributed by atoms with Crippen LogP contribution >= 0.6 is 23.4 Å². The van der Waals surface area contributed by atoms with Crippen molar-refractivity contribution >= 4 is 40.9 Å². The van der Waals surface area contributed by atoms with Gasteiger partial charge in [-0.25, -0.2) is 4.90 Å². The number of rotatable bonds is 4. The summed E-state index contributed by atoms with van der Waals surface area (Å²) in [7, 11) is 0. The van der Waals surface area contributed by atoms with Gasteiger partial charge in [-0.15, -0.1) is 11.8 Å². The SMILES string of the molecule is NCCSC1CC(=O)N(c2ccccc2Cl)C1=O. The number of anilines is 1. The van der Waals surface area contributed by atoms with Crippen LogP contribution in [0, 0.1) is 0 Å². The van der Waals surface area contributed by atoms with Gasteiger partial charge in [0, 0.05) is 18.7 Å². The highest BCUT2D eigenvalue weighted by Crippen LogP contribution is 2.33. The predicted octanol–water partition coefficient (Wildman–Crippen LogP) is 1.66. The predicted molar refractivity (Wildman–Crippen MR) is 73.9 cm³/mol. The maximum Gasteiger partial charge on any atom is 0.247 e. The number of hydrogen-bond acceptors (Lipinski definition) is 4. The van der Waals surface area contributed by atoms with Crippen LogP contribution in [0.1, 0.15) is 6.42 Å². The summed E-state index contributed by atoms with van der Waals surface area (Å²) >= 11 is 7.43. The lowest BCUT2D eigenvalue weighted by atomic mass is 10.3. The molecule has 0 saturated carbocycles. The van der Waals surface area contributed by atoms with Crippen LogP contribution in [0.25, 0.3) is 0 Å². The van der Waals surface area contributed by atoms with Crippen LogP contribution in [0.3, 0.4) is 0 Å². The molecule has 1 aliphatic rings. The first-order chi connectivity index (χ1) is 8.65. The highest BCUT2D eigenvalue weighted by Gasteiger charge is 2.40. The zero-order valence-electron chi connectivity index (χ0n) is 9.64. The third-order valence-corrected chi connectivity index (χ3v) is 4.20. The maximum atomic E-state index is 12.2. The lowest BCUT2D eigenvalue weighted by Crippen LogP contribution is -2.31. The summed E-state index contributed by atoms with van der Waals surface area (Å²) in [5, 5.41) is 0.0704. The molecule has 1 unspecified atom stereocenters. The Balaban J connectivity index is 2.22. The van der Waals surface area contributed by atoms with Crippen molar-refractivity contribution in [2.75, 3.05) is 17.2 Å². The van der Waals surface area contributed by atoms with E-state index in [0.717, 1.165) is 0 Å². The first-order valence-corrected chi connectivity index (χ1v) is 7.01. The minimum atomic E-state index is -0.336. The molecule has 2 amide bonds. The van der Waals surface area contributed by atoms with Crippen LogP contribution in [0.4, 0.5) is 5.69 Å². The van der Waals surface area contributed by atoms with Crippen molar-refractivity contribution in [3.05, 3.63) is 29.3 Å². The molecule has 0 spiro atoms. The summed E-state index contributed by atoms with van der Waals surface area (Å²) in [6.45, 7) is 0.495. The van der Waals surface area contributed by atoms with Crippen LogP contribution in [0.15, 0.2) is 24.3 Å². The van der Waals surface area contributed by atoms with Crippen molar-refractivity contribution in [2.24, 2.45) is 5.73 Å². The maximum absolute atomic E-state index is 12.2. The Bertz CT molecular complexity index is 481. The molecular formula is C12H13ClN2O2S. The minimum Gasteiger partial charge on any atom is -0.330 e. The molecule has 96 valence electrons. The fraction of sp³-hybridized carbons (Fsp3) is 0.333.